The molecule has 5 heteroatoms. The van der Waals surface area contributed by atoms with Gasteiger partial charge >= 0.3 is 0 Å². The highest BCUT2D eigenvalue weighted by atomic mass is 35.5. The van der Waals surface area contributed by atoms with Crippen LogP contribution in [0.4, 0.5) is 0 Å². The Morgan fingerprint density at radius 1 is 0.960 bits per heavy atom. The summed E-state index contributed by atoms with van der Waals surface area (Å²) in [6, 6.07) is 19.7. The summed E-state index contributed by atoms with van der Waals surface area (Å²) in [6.07, 6.45) is -2.34. The Morgan fingerprint density at radius 3 is 2.16 bits per heavy atom. The molecule has 134 valence electrons. The zero-order valence-electron chi connectivity index (χ0n) is 14.0. The number of aliphatic hydroxyl groups is 2. The molecule has 0 spiro atoms. The molecule has 25 heavy (non-hydrogen) atoms. The van der Waals surface area contributed by atoms with Crippen molar-refractivity contribution in [2.24, 2.45) is 0 Å². The van der Waals surface area contributed by atoms with Gasteiger partial charge in [0.25, 0.3) is 0 Å². The molecule has 2 N–H and O–H groups in total. The Kier molecular flexibility index (Phi) is 6.45. The van der Waals surface area contributed by atoms with Gasteiger partial charge in [-0.3, -0.25) is 4.90 Å². The number of halogens is 1. The molecule has 1 saturated heterocycles. The van der Waals surface area contributed by atoms with Crippen molar-refractivity contribution in [3.05, 3.63) is 71.8 Å². The van der Waals surface area contributed by atoms with Crippen molar-refractivity contribution in [2.45, 2.75) is 37.5 Å². The highest BCUT2D eigenvalue weighted by Crippen LogP contribution is 2.25. The minimum absolute atomic E-state index is 0.163. The smallest absolute Gasteiger partial charge is 0.109 e. The molecule has 3 rings (SSSR count). The number of rotatable bonds is 6. The van der Waals surface area contributed by atoms with Gasteiger partial charge in [-0.1, -0.05) is 60.7 Å². The van der Waals surface area contributed by atoms with Crippen molar-refractivity contribution in [1.29, 1.82) is 0 Å². The molecule has 0 aromatic heterocycles. The van der Waals surface area contributed by atoms with Gasteiger partial charge in [-0.15, -0.1) is 11.6 Å². The maximum atomic E-state index is 10.4. The van der Waals surface area contributed by atoms with Crippen LogP contribution in [-0.2, 0) is 17.9 Å². The van der Waals surface area contributed by atoms with E-state index in [0.717, 1.165) is 11.1 Å². The molecule has 1 aliphatic heterocycles. The van der Waals surface area contributed by atoms with Crippen molar-refractivity contribution >= 4 is 11.6 Å². The maximum Gasteiger partial charge on any atom is 0.109 e. The van der Waals surface area contributed by atoms with Crippen LogP contribution in [0.15, 0.2) is 60.7 Å². The second-order valence-electron chi connectivity index (χ2n) is 6.46. The number of benzene rings is 2. The number of likely N-dealkylation sites (tertiary alicyclic amines) is 1. The maximum absolute atomic E-state index is 10.4. The monoisotopic (exact) mass is 361 g/mol. The molecule has 0 radical (unpaired) electrons. The van der Waals surface area contributed by atoms with E-state index in [2.05, 4.69) is 4.90 Å². The number of nitrogens with zero attached hydrogens (tertiary/aromatic N) is 1. The zero-order valence-corrected chi connectivity index (χ0v) is 14.8. The van der Waals surface area contributed by atoms with Crippen LogP contribution in [0.1, 0.15) is 11.1 Å². The van der Waals surface area contributed by atoms with E-state index in [0.29, 0.717) is 25.6 Å². The van der Waals surface area contributed by atoms with Gasteiger partial charge < -0.3 is 14.9 Å². The standard InChI is InChI=1S/C20H24ClNO3/c21-11-17-20(25-14-16-9-5-2-6-10-16)19(24)18(23)13-22(17)12-15-7-3-1-4-8-15/h1-10,17-20,23-24H,11-14H2/t17-,18+,19-,20-/m1/s1. The van der Waals surface area contributed by atoms with Crippen molar-refractivity contribution in [3.8, 4) is 0 Å². The molecule has 0 unspecified atom stereocenters. The molecule has 1 heterocycles. The van der Waals surface area contributed by atoms with Crippen LogP contribution in [0.3, 0.4) is 0 Å². The summed E-state index contributed by atoms with van der Waals surface area (Å²) < 4.78 is 5.99. The number of hydrogen-bond donors (Lipinski definition) is 2. The number of aliphatic hydroxyl groups excluding tert-OH is 2. The van der Waals surface area contributed by atoms with Gasteiger partial charge in [0.1, 0.15) is 12.2 Å². The second kappa shape index (κ2) is 8.79. The fraction of sp³-hybridized carbons (Fsp3) is 0.400. The van der Waals surface area contributed by atoms with Gasteiger partial charge in [0, 0.05) is 19.0 Å². The minimum Gasteiger partial charge on any atom is -0.389 e. The Labute approximate surface area is 153 Å². The number of ether oxygens (including phenoxy) is 1. The molecule has 0 aliphatic carbocycles. The fourth-order valence-electron chi connectivity index (χ4n) is 3.30. The molecule has 1 aliphatic rings. The van der Waals surface area contributed by atoms with E-state index >= 15 is 0 Å². The van der Waals surface area contributed by atoms with Crippen molar-refractivity contribution < 1.29 is 14.9 Å². The molecule has 2 aromatic carbocycles. The molecule has 1 fully saturated rings. The lowest BCUT2D eigenvalue weighted by Crippen LogP contribution is -2.62. The largest absolute Gasteiger partial charge is 0.389 e. The number of piperidine rings is 1. The zero-order chi connectivity index (χ0) is 17.6. The van der Waals surface area contributed by atoms with Gasteiger partial charge in [-0.25, -0.2) is 0 Å². The normalized spacial score (nSPS) is 27.3. The van der Waals surface area contributed by atoms with Crippen LogP contribution in [0, 0.1) is 0 Å². The van der Waals surface area contributed by atoms with Crippen LogP contribution >= 0.6 is 11.6 Å². The summed E-state index contributed by atoms with van der Waals surface area (Å²) in [5.74, 6) is 0.329. The summed E-state index contributed by atoms with van der Waals surface area (Å²) in [7, 11) is 0. The first-order chi connectivity index (χ1) is 12.2. The van der Waals surface area contributed by atoms with Gasteiger partial charge in [0.2, 0.25) is 0 Å². The SMILES string of the molecule is O[C@H]1[C@H](OCc2ccccc2)[C@@H](CCl)N(Cc2ccccc2)C[C@@H]1O. The van der Waals surface area contributed by atoms with Crippen LogP contribution in [0.2, 0.25) is 0 Å². The number of alkyl halides is 1. The van der Waals surface area contributed by atoms with Crippen molar-refractivity contribution in [1.82, 2.24) is 4.90 Å². The summed E-state index contributed by atoms with van der Waals surface area (Å²) in [6.45, 7) is 1.41. The van der Waals surface area contributed by atoms with Gasteiger partial charge in [-0.05, 0) is 11.1 Å². The molecule has 0 bridgehead atoms. The van der Waals surface area contributed by atoms with E-state index in [9.17, 15) is 10.2 Å². The van der Waals surface area contributed by atoms with Crippen molar-refractivity contribution in [2.75, 3.05) is 12.4 Å². The summed E-state index contributed by atoms with van der Waals surface area (Å²) >= 11 is 6.22. The predicted molar refractivity (Wildman–Crippen MR) is 98.4 cm³/mol. The Balaban J connectivity index is 1.72. The predicted octanol–water partition coefficient (Wildman–Crippen LogP) is 2.42. The Morgan fingerprint density at radius 2 is 1.56 bits per heavy atom. The van der Waals surface area contributed by atoms with E-state index in [1.807, 2.05) is 60.7 Å². The summed E-state index contributed by atoms with van der Waals surface area (Å²) in [5.41, 5.74) is 2.17. The van der Waals surface area contributed by atoms with E-state index in [-0.39, 0.29) is 6.04 Å². The first-order valence-electron chi connectivity index (χ1n) is 8.54. The number of β-amino-alcohol motifs (C(OH)–C–C–N with tert-alkyl or cyclic N) is 1. The molecule has 4 nitrogen and oxygen atoms in total. The number of hydrogen-bond acceptors (Lipinski definition) is 4. The van der Waals surface area contributed by atoms with Crippen LogP contribution in [0.5, 0.6) is 0 Å². The van der Waals surface area contributed by atoms with Gasteiger partial charge in [-0.2, -0.15) is 0 Å². The fourth-order valence-corrected chi connectivity index (χ4v) is 3.67. The van der Waals surface area contributed by atoms with Gasteiger partial charge in [0.05, 0.1) is 18.8 Å². The molecular formula is C20H24ClNO3. The highest BCUT2D eigenvalue weighted by Gasteiger charge is 2.42. The van der Waals surface area contributed by atoms with Crippen LogP contribution in [0.25, 0.3) is 0 Å². The molecular weight excluding hydrogens is 338 g/mol. The quantitative estimate of drug-likeness (QED) is 0.776. The van der Waals surface area contributed by atoms with E-state index in [4.69, 9.17) is 16.3 Å². The summed E-state index contributed by atoms with van der Waals surface area (Å²) in [5, 5.41) is 20.7. The topological polar surface area (TPSA) is 52.9 Å². The third-order valence-corrected chi connectivity index (χ3v) is 4.99. The highest BCUT2D eigenvalue weighted by molar-refractivity contribution is 6.18. The lowest BCUT2D eigenvalue weighted by Gasteiger charge is -2.45. The minimum atomic E-state index is -0.945. The second-order valence-corrected chi connectivity index (χ2v) is 6.76. The third kappa shape index (κ3) is 4.60. The van der Waals surface area contributed by atoms with E-state index in [1.54, 1.807) is 0 Å². The molecule has 4 atom stereocenters. The van der Waals surface area contributed by atoms with Gasteiger partial charge in [0.15, 0.2) is 0 Å². The molecule has 0 amide bonds. The average molecular weight is 362 g/mol. The average Bonchev–Trinajstić information content (AvgIpc) is 2.65. The molecule has 0 saturated carbocycles. The first-order valence-corrected chi connectivity index (χ1v) is 9.08. The van der Waals surface area contributed by atoms with Crippen LogP contribution in [-0.4, -0.2) is 51.9 Å². The Hall–Kier alpha value is -1.43. The summed E-state index contributed by atoms with van der Waals surface area (Å²) in [4.78, 5) is 2.09. The van der Waals surface area contributed by atoms with E-state index in [1.165, 1.54) is 0 Å². The van der Waals surface area contributed by atoms with Crippen molar-refractivity contribution in [3.63, 3.8) is 0 Å². The van der Waals surface area contributed by atoms with Crippen LogP contribution < -0.4 is 0 Å². The third-order valence-electron chi connectivity index (χ3n) is 4.67. The lowest BCUT2D eigenvalue weighted by molar-refractivity contribution is -0.161. The lowest BCUT2D eigenvalue weighted by atomic mass is 9.94. The van der Waals surface area contributed by atoms with E-state index < -0.39 is 18.3 Å². The Bertz CT molecular complexity index is 640. The first kappa shape index (κ1) is 18.4. The molecule has 2 aromatic rings.